The van der Waals surface area contributed by atoms with Crippen LogP contribution >= 0.6 is 45.8 Å². The van der Waals surface area contributed by atoms with E-state index in [0.717, 1.165) is 20.3 Å². The van der Waals surface area contributed by atoms with Crippen molar-refractivity contribution < 1.29 is 5.11 Å². The monoisotopic (exact) mass is 392 g/mol. The molecule has 1 atom stereocenters. The summed E-state index contributed by atoms with van der Waals surface area (Å²) in [5.41, 5.74) is 2.56. The Morgan fingerprint density at radius 1 is 1.11 bits per heavy atom. The van der Waals surface area contributed by atoms with Gasteiger partial charge in [-0.3, -0.25) is 0 Å². The Labute approximate surface area is 130 Å². The van der Waals surface area contributed by atoms with Gasteiger partial charge in [0.05, 0.1) is 0 Å². The highest BCUT2D eigenvalue weighted by Crippen LogP contribution is 2.30. The van der Waals surface area contributed by atoms with Gasteiger partial charge in [-0.05, 0) is 70.5 Å². The largest absolute Gasteiger partial charge is 0.384 e. The molecule has 0 aliphatic heterocycles. The Kier molecular flexibility index (Phi) is 4.54. The number of aliphatic hydroxyl groups is 1. The van der Waals surface area contributed by atoms with Gasteiger partial charge >= 0.3 is 0 Å². The van der Waals surface area contributed by atoms with E-state index >= 15 is 0 Å². The third kappa shape index (κ3) is 2.99. The number of halogens is 3. The Bertz CT molecular complexity index is 584. The molecule has 0 fully saturated rings. The second kappa shape index (κ2) is 5.78. The van der Waals surface area contributed by atoms with Crippen LogP contribution in [0.5, 0.6) is 0 Å². The van der Waals surface area contributed by atoms with Crippen LogP contribution in [0.15, 0.2) is 36.4 Å². The second-order valence-electron chi connectivity index (χ2n) is 4.08. The number of aryl methyl sites for hydroxylation is 1. The van der Waals surface area contributed by atoms with E-state index in [9.17, 15) is 5.11 Å². The molecule has 1 N–H and O–H groups in total. The lowest BCUT2D eigenvalue weighted by Crippen LogP contribution is -2.02. The van der Waals surface area contributed by atoms with Crippen LogP contribution in [0.25, 0.3) is 0 Å². The molecule has 1 nitrogen and oxygen atoms in total. The molecular formula is C14H11Cl2IO. The minimum atomic E-state index is -0.714. The van der Waals surface area contributed by atoms with Crippen LogP contribution in [0.1, 0.15) is 22.8 Å². The van der Waals surface area contributed by atoms with Crippen molar-refractivity contribution in [1.82, 2.24) is 0 Å². The molecule has 0 saturated carbocycles. The van der Waals surface area contributed by atoms with Crippen LogP contribution in [0.3, 0.4) is 0 Å². The first-order valence-corrected chi connectivity index (χ1v) is 7.21. The maximum atomic E-state index is 10.4. The molecule has 4 heteroatoms. The lowest BCUT2D eigenvalue weighted by molar-refractivity contribution is 0.219. The summed E-state index contributed by atoms with van der Waals surface area (Å²) in [6.07, 6.45) is -0.714. The van der Waals surface area contributed by atoms with Crippen molar-refractivity contribution in [3.63, 3.8) is 0 Å². The van der Waals surface area contributed by atoms with Crippen molar-refractivity contribution in [3.8, 4) is 0 Å². The Morgan fingerprint density at radius 3 is 2.50 bits per heavy atom. The van der Waals surface area contributed by atoms with Crippen LogP contribution in [-0.4, -0.2) is 5.11 Å². The summed E-state index contributed by atoms with van der Waals surface area (Å²) in [5.74, 6) is 0. The molecular weight excluding hydrogens is 382 g/mol. The van der Waals surface area contributed by atoms with Gasteiger partial charge in [-0.1, -0.05) is 35.3 Å². The van der Waals surface area contributed by atoms with Crippen LogP contribution in [-0.2, 0) is 0 Å². The van der Waals surface area contributed by atoms with Crippen molar-refractivity contribution in [2.45, 2.75) is 13.0 Å². The SMILES string of the molecule is Cc1ccc(C(O)c2cc(Cl)ccc2I)cc1Cl. The van der Waals surface area contributed by atoms with E-state index in [2.05, 4.69) is 22.6 Å². The first kappa shape index (κ1) is 14.1. The van der Waals surface area contributed by atoms with Gasteiger partial charge in [0.1, 0.15) is 6.10 Å². The minimum Gasteiger partial charge on any atom is -0.384 e. The standard InChI is InChI=1S/C14H11Cl2IO/c1-8-2-3-9(6-12(8)16)14(18)11-7-10(15)4-5-13(11)17/h2-7,14,18H,1H3. The van der Waals surface area contributed by atoms with Crippen molar-refractivity contribution >= 4 is 45.8 Å². The molecule has 2 aromatic carbocycles. The Morgan fingerprint density at radius 2 is 1.83 bits per heavy atom. The van der Waals surface area contributed by atoms with Crippen LogP contribution in [0, 0.1) is 10.5 Å². The van der Waals surface area contributed by atoms with E-state index in [1.807, 2.05) is 31.2 Å². The van der Waals surface area contributed by atoms with Gasteiger partial charge in [0, 0.05) is 13.6 Å². The molecule has 18 heavy (non-hydrogen) atoms. The van der Waals surface area contributed by atoms with E-state index < -0.39 is 6.10 Å². The molecule has 2 rings (SSSR count). The Hall–Kier alpha value is -0.290. The quantitative estimate of drug-likeness (QED) is 0.714. The topological polar surface area (TPSA) is 20.2 Å². The zero-order valence-electron chi connectivity index (χ0n) is 9.62. The molecule has 1 unspecified atom stereocenters. The normalized spacial score (nSPS) is 12.5. The molecule has 0 bridgehead atoms. The fraction of sp³-hybridized carbons (Fsp3) is 0.143. The lowest BCUT2D eigenvalue weighted by atomic mass is 10.0. The number of benzene rings is 2. The molecule has 0 amide bonds. The molecule has 0 radical (unpaired) electrons. The smallest absolute Gasteiger partial charge is 0.105 e. The van der Waals surface area contributed by atoms with Crippen molar-refractivity contribution in [2.24, 2.45) is 0 Å². The molecule has 94 valence electrons. The highest BCUT2D eigenvalue weighted by molar-refractivity contribution is 14.1. The van der Waals surface area contributed by atoms with Gasteiger partial charge in [-0.15, -0.1) is 0 Å². The van der Waals surface area contributed by atoms with Crippen molar-refractivity contribution in [3.05, 3.63) is 66.7 Å². The second-order valence-corrected chi connectivity index (χ2v) is 6.08. The summed E-state index contributed by atoms with van der Waals surface area (Å²) in [6, 6.07) is 11.0. The molecule has 0 aromatic heterocycles. The maximum absolute atomic E-state index is 10.4. The van der Waals surface area contributed by atoms with Crippen molar-refractivity contribution in [2.75, 3.05) is 0 Å². The number of hydrogen-bond acceptors (Lipinski definition) is 1. The summed E-state index contributed by atoms with van der Waals surface area (Å²) in [7, 11) is 0. The van der Waals surface area contributed by atoms with E-state index in [-0.39, 0.29) is 0 Å². The van der Waals surface area contributed by atoms with Crippen molar-refractivity contribution in [1.29, 1.82) is 0 Å². The molecule has 0 heterocycles. The summed E-state index contributed by atoms with van der Waals surface area (Å²) in [4.78, 5) is 0. The predicted molar refractivity (Wildman–Crippen MR) is 84.4 cm³/mol. The highest BCUT2D eigenvalue weighted by atomic mass is 127. The maximum Gasteiger partial charge on any atom is 0.105 e. The van der Waals surface area contributed by atoms with Gasteiger partial charge in [0.2, 0.25) is 0 Å². The molecule has 2 aromatic rings. The number of rotatable bonds is 2. The van der Waals surface area contributed by atoms with Crippen LogP contribution < -0.4 is 0 Å². The number of hydrogen-bond donors (Lipinski definition) is 1. The zero-order valence-corrected chi connectivity index (χ0v) is 13.3. The Balaban J connectivity index is 2.44. The van der Waals surface area contributed by atoms with E-state index in [0.29, 0.717) is 10.0 Å². The zero-order chi connectivity index (χ0) is 13.3. The highest BCUT2D eigenvalue weighted by Gasteiger charge is 2.15. The average Bonchev–Trinajstić information content (AvgIpc) is 2.35. The third-order valence-corrected chi connectivity index (χ3v) is 4.39. The van der Waals surface area contributed by atoms with Gasteiger partial charge in [0.25, 0.3) is 0 Å². The van der Waals surface area contributed by atoms with E-state index in [1.54, 1.807) is 12.1 Å². The molecule has 0 saturated heterocycles. The summed E-state index contributed by atoms with van der Waals surface area (Å²) >= 11 is 14.2. The molecule has 0 aliphatic carbocycles. The summed E-state index contributed by atoms with van der Waals surface area (Å²) < 4.78 is 0.973. The van der Waals surface area contributed by atoms with E-state index in [4.69, 9.17) is 23.2 Å². The van der Waals surface area contributed by atoms with Gasteiger partial charge in [-0.25, -0.2) is 0 Å². The fourth-order valence-corrected chi connectivity index (χ4v) is 2.68. The first-order valence-electron chi connectivity index (χ1n) is 5.38. The van der Waals surface area contributed by atoms with Crippen LogP contribution in [0.4, 0.5) is 0 Å². The summed E-state index contributed by atoms with van der Waals surface area (Å²) in [5, 5.41) is 11.7. The minimum absolute atomic E-state index is 0.614. The lowest BCUT2D eigenvalue weighted by Gasteiger charge is -2.14. The van der Waals surface area contributed by atoms with Gasteiger partial charge in [0.15, 0.2) is 0 Å². The van der Waals surface area contributed by atoms with E-state index in [1.165, 1.54) is 0 Å². The van der Waals surface area contributed by atoms with Gasteiger partial charge in [-0.2, -0.15) is 0 Å². The first-order chi connectivity index (χ1) is 8.49. The van der Waals surface area contributed by atoms with Crippen LogP contribution in [0.2, 0.25) is 10.0 Å². The van der Waals surface area contributed by atoms with Gasteiger partial charge < -0.3 is 5.11 Å². The molecule has 0 spiro atoms. The number of aliphatic hydroxyl groups excluding tert-OH is 1. The predicted octanol–water partition coefficient (Wildman–Crippen LogP) is 4.99. The fourth-order valence-electron chi connectivity index (χ4n) is 1.68. The third-order valence-electron chi connectivity index (χ3n) is 2.76. The molecule has 0 aliphatic rings. The summed E-state index contributed by atoms with van der Waals surface area (Å²) in [6.45, 7) is 1.93. The average molecular weight is 393 g/mol.